The van der Waals surface area contributed by atoms with Crippen molar-refractivity contribution >= 4 is 17.3 Å². The van der Waals surface area contributed by atoms with Gasteiger partial charge in [0.1, 0.15) is 39.7 Å². The Morgan fingerprint density at radius 1 is 0.929 bits per heavy atom. The van der Waals surface area contributed by atoms with E-state index in [0.29, 0.717) is 24.4 Å². The summed E-state index contributed by atoms with van der Waals surface area (Å²) in [6.07, 6.45) is 1.79. The Morgan fingerprint density at radius 2 is 1.48 bits per heavy atom. The lowest BCUT2D eigenvalue weighted by atomic mass is 9.70. The SMILES string of the molecule is CC(=O)c1c(O)c(C)c(O)c2c1OC1=CC(=O)/C(=C(\C)NCCc3cc(C(C)(C)C)c(O)c(C(C)(C)C)c3)C(=O)[C@]12C. The molecular weight excluding hydrogens is 534 g/mol. The maximum Gasteiger partial charge on any atom is 0.194 e. The molecule has 0 radical (unpaired) electrons. The number of hydrogen-bond acceptors (Lipinski definition) is 8. The second-order valence-electron chi connectivity index (χ2n) is 13.6. The Bertz CT molecular complexity index is 1580. The maximum absolute atomic E-state index is 14.0. The Kier molecular flexibility index (Phi) is 7.38. The molecule has 1 atom stereocenters. The topological polar surface area (TPSA) is 133 Å². The summed E-state index contributed by atoms with van der Waals surface area (Å²) < 4.78 is 5.83. The second-order valence-corrected chi connectivity index (χ2v) is 13.6. The number of allylic oxidation sites excluding steroid dienone is 4. The van der Waals surface area contributed by atoms with Crippen molar-refractivity contribution in [2.45, 2.75) is 91.9 Å². The molecule has 42 heavy (non-hydrogen) atoms. The van der Waals surface area contributed by atoms with Gasteiger partial charge in [-0.3, -0.25) is 14.4 Å². The van der Waals surface area contributed by atoms with Gasteiger partial charge >= 0.3 is 0 Å². The van der Waals surface area contributed by atoms with E-state index in [1.54, 1.807) is 13.8 Å². The zero-order valence-electron chi connectivity index (χ0n) is 26.1. The van der Waals surface area contributed by atoms with Crippen LogP contribution in [0.2, 0.25) is 0 Å². The minimum atomic E-state index is -1.56. The fourth-order valence-electron chi connectivity index (χ4n) is 5.83. The summed E-state index contributed by atoms with van der Waals surface area (Å²) in [6, 6.07) is 4.00. The minimum Gasteiger partial charge on any atom is -0.507 e. The third-order valence-corrected chi connectivity index (χ3v) is 8.35. The van der Waals surface area contributed by atoms with E-state index in [1.807, 2.05) is 12.1 Å². The zero-order chi connectivity index (χ0) is 31.7. The molecule has 224 valence electrons. The molecule has 0 unspecified atom stereocenters. The van der Waals surface area contributed by atoms with Crippen molar-refractivity contribution in [2.24, 2.45) is 0 Å². The fraction of sp³-hybridized carbons (Fsp3) is 0.441. The normalized spacial score (nSPS) is 19.6. The van der Waals surface area contributed by atoms with E-state index in [2.05, 4.69) is 46.9 Å². The molecule has 1 heterocycles. The van der Waals surface area contributed by atoms with Crippen molar-refractivity contribution in [3.63, 3.8) is 0 Å². The summed E-state index contributed by atoms with van der Waals surface area (Å²) >= 11 is 0. The largest absolute Gasteiger partial charge is 0.507 e. The van der Waals surface area contributed by atoms with E-state index in [0.717, 1.165) is 16.7 Å². The highest BCUT2D eigenvalue weighted by Gasteiger charge is 2.56. The van der Waals surface area contributed by atoms with E-state index in [4.69, 9.17) is 4.74 Å². The number of ether oxygens (including phenoxy) is 1. The summed E-state index contributed by atoms with van der Waals surface area (Å²) in [4.78, 5) is 39.6. The maximum atomic E-state index is 14.0. The molecule has 0 amide bonds. The zero-order valence-corrected chi connectivity index (χ0v) is 26.1. The van der Waals surface area contributed by atoms with Crippen LogP contribution in [-0.2, 0) is 32.3 Å². The number of fused-ring (bicyclic) bond motifs is 3. The van der Waals surface area contributed by atoms with Gasteiger partial charge in [0.15, 0.2) is 17.3 Å². The van der Waals surface area contributed by atoms with E-state index in [-0.39, 0.29) is 50.4 Å². The van der Waals surface area contributed by atoms with E-state index in [9.17, 15) is 29.7 Å². The summed E-state index contributed by atoms with van der Waals surface area (Å²) in [5, 5.41) is 35.8. The predicted molar refractivity (Wildman–Crippen MR) is 161 cm³/mol. The van der Waals surface area contributed by atoms with Crippen LogP contribution in [0.5, 0.6) is 23.0 Å². The first-order chi connectivity index (χ1) is 19.2. The smallest absolute Gasteiger partial charge is 0.194 e. The summed E-state index contributed by atoms with van der Waals surface area (Å²) in [6.45, 7) is 18.6. The lowest BCUT2D eigenvalue weighted by molar-refractivity contribution is -0.123. The molecule has 4 rings (SSSR count). The first kappa shape index (κ1) is 30.9. The van der Waals surface area contributed by atoms with Gasteiger partial charge in [0.25, 0.3) is 0 Å². The number of carbonyl (C=O) groups is 3. The highest BCUT2D eigenvalue weighted by molar-refractivity contribution is 6.31. The Labute approximate surface area is 247 Å². The van der Waals surface area contributed by atoms with Gasteiger partial charge in [-0.1, -0.05) is 53.7 Å². The van der Waals surface area contributed by atoms with Crippen LogP contribution in [0.4, 0.5) is 0 Å². The molecule has 8 nitrogen and oxygen atoms in total. The molecule has 1 aliphatic carbocycles. The Hall–Kier alpha value is -4.07. The monoisotopic (exact) mass is 575 g/mol. The average molecular weight is 576 g/mol. The van der Waals surface area contributed by atoms with Crippen molar-refractivity contribution in [1.29, 1.82) is 0 Å². The Balaban J connectivity index is 1.70. The van der Waals surface area contributed by atoms with Gasteiger partial charge in [-0.05, 0) is 61.6 Å². The van der Waals surface area contributed by atoms with Crippen LogP contribution in [0.1, 0.15) is 100 Å². The van der Waals surface area contributed by atoms with Gasteiger partial charge in [-0.2, -0.15) is 0 Å². The summed E-state index contributed by atoms with van der Waals surface area (Å²) in [5.74, 6) is -2.21. The number of Topliss-reactive ketones (excluding diaryl/α,β-unsaturated/α-hetero) is 2. The van der Waals surface area contributed by atoms with E-state index in [1.165, 1.54) is 19.9 Å². The molecule has 0 saturated heterocycles. The number of hydrogen-bond donors (Lipinski definition) is 4. The van der Waals surface area contributed by atoms with Gasteiger partial charge < -0.3 is 25.4 Å². The van der Waals surface area contributed by atoms with E-state index < -0.39 is 28.5 Å². The number of rotatable bonds is 5. The van der Waals surface area contributed by atoms with Crippen LogP contribution >= 0.6 is 0 Å². The van der Waals surface area contributed by atoms with Crippen LogP contribution in [0.3, 0.4) is 0 Å². The predicted octanol–water partition coefficient (Wildman–Crippen LogP) is 5.70. The molecule has 8 heteroatoms. The number of phenols is 3. The third kappa shape index (κ3) is 4.76. The average Bonchev–Trinajstić information content (AvgIpc) is 3.14. The van der Waals surface area contributed by atoms with Crippen molar-refractivity contribution in [3.8, 4) is 23.0 Å². The molecule has 0 spiro atoms. The molecule has 4 N–H and O–H groups in total. The quantitative estimate of drug-likeness (QED) is 0.203. The third-order valence-electron chi connectivity index (χ3n) is 8.35. The number of carbonyl (C=O) groups excluding carboxylic acids is 3. The van der Waals surface area contributed by atoms with Gasteiger partial charge in [-0.25, -0.2) is 0 Å². The second kappa shape index (κ2) is 10.0. The van der Waals surface area contributed by atoms with Crippen LogP contribution < -0.4 is 10.1 Å². The van der Waals surface area contributed by atoms with E-state index >= 15 is 0 Å². The van der Waals surface area contributed by atoms with Crippen LogP contribution in [0.15, 0.2) is 35.2 Å². The number of benzene rings is 2. The molecular formula is C34H41NO7. The highest BCUT2D eigenvalue weighted by Crippen LogP contribution is 2.57. The van der Waals surface area contributed by atoms with Crippen molar-refractivity contribution in [2.75, 3.05) is 6.54 Å². The molecule has 0 saturated carbocycles. The number of aromatic hydroxyl groups is 3. The van der Waals surface area contributed by atoms with Gasteiger partial charge in [0, 0.05) is 23.9 Å². The summed E-state index contributed by atoms with van der Waals surface area (Å²) in [5.41, 5.74) is 0.903. The summed E-state index contributed by atoms with van der Waals surface area (Å²) in [7, 11) is 0. The molecule has 2 aromatic rings. The Morgan fingerprint density at radius 3 is 1.98 bits per heavy atom. The van der Waals surface area contributed by atoms with Crippen molar-refractivity contribution in [3.05, 3.63) is 68.6 Å². The molecule has 1 aliphatic heterocycles. The fourth-order valence-corrected chi connectivity index (χ4v) is 5.83. The molecule has 2 aromatic carbocycles. The highest BCUT2D eigenvalue weighted by atomic mass is 16.5. The van der Waals surface area contributed by atoms with Gasteiger partial charge in [0.05, 0.1) is 11.1 Å². The molecule has 0 aromatic heterocycles. The lowest BCUT2D eigenvalue weighted by Crippen LogP contribution is -2.41. The number of phenolic OH excluding ortho intramolecular Hbond substituents is 3. The van der Waals surface area contributed by atoms with Gasteiger partial charge in [0.2, 0.25) is 0 Å². The first-order valence-electron chi connectivity index (χ1n) is 14.1. The lowest BCUT2D eigenvalue weighted by Gasteiger charge is -2.29. The number of ketones is 3. The molecule has 0 bridgehead atoms. The molecule has 0 fully saturated rings. The van der Waals surface area contributed by atoms with Crippen molar-refractivity contribution in [1.82, 2.24) is 5.32 Å². The minimum absolute atomic E-state index is 0.000336. The number of nitrogens with one attached hydrogen (secondary N) is 1. The molecule has 2 aliphatic rings. The standard InChI is InChI=1S/C34H41NO7/c1-16-27(38)25(18(3)36)30-26(28(16)39)34(10)23(42-30)15-22(37)24(31(34)41)17(2)35-12-11-19-13-20(32(4,5)6)29(40)21(14-19)33(7,8)9/h13-15,35,38-40H,11-12H2,1-10H3/b24-17-/t34-/m1/s1. The van der Waals surface area contributed by atoms with Crippen LogP contribution in [-0.4, -0.2) is 39.2 Å². The van der Waals surface area contributed by atoms with Gasteiger partial charge in [-0.15, -0.1) is 0 Å². The first-order valence-corrected chi connectivity index (χ1v) is 14.1. The van der Waals surface area contributed by atoms with Crippen LogP contribution in [0, 0.1) is 6.92 Å². The van der Waals surface area contributed by atoms with Crippen molar-refractivity contribution < 1.29 is 34.4 Å². The van der Waals surface area contributed by atoms with Crippen LogP contribution in [0.25, 0.3) is 0 Å².